The van der Waals surface area contributed by atoms with Crippen molar-refractivity contribution in [3.05, 3.63) is 65.0 Å². The van der Waals surface area contributed by atoms with Crippen LogP contribution in [0.5, 0.6) is 0 Å². The van der Waals surface area contributed by atoms with Crippen LogP contribution in [0.4, 0.5) is 0 Å². The minimum Gasteiger partial charge on any atom is -0.505 e. The quantitative estimate of drug-likeness (QED) is 0.362. The minimum absolute atomic E-state index is 0.0186. The van der Waals surface area contributed by atoms with E-state index in [0.29, 0.717) is 54.9 Å². The van der Waals surface area contributed by atoms with Gasteiger partial charge in [-0.05, 0) is 38.1 Å². The first kappa shape index (κ1) is 21.4. The number of aliphatic hydroxyl groups is 1. The van der Waals surface area contributed by atoms with Gasteiger partial charge in [0.15, 0.2) is 5.76 Å². The second-order valence-electron chi connectivity index (χ2n) is 8.37. The molecule has 33 heavy (non-hydrogen) atoms. The Morgan fingerprint density at radius 2 is 1.91 bits per heavy atom. The molecule has 1 atom stereocenters. The normalized spacial score (nSPS) is 21.4. The highest BCUT2D eigenvalue weighted by atomic mass is 16.5. The number of aryl methyl sites for hydroxylation is 2. The number of ketones is 1. The summed E-state index contributed by atoms with van der Waals surface area (Å²) >= 11 is 0. The Hall–Kier alpha value is -3.43. The van der Waals surface area contributed by atoms with Gasteiger partial charge in [-0.25, -0.2) is 4.98 Å². The van der Waals surface area contributed by atoms with Crippen molar-refractivity contribution in [2.75, 3.05) is 39.4 Å². The van der Waals surface area contributed by atoms with E-state index in [1.165, 1.54) is 4.90 Å². The zero-order valence-electron chi connectivity index (χ0n) is 18.7. The van der Waals surface area contributed by atoms with E-state index in [9.17, 15) is 14.7 Å². The Labute approximate surface area is 190 Å². The van der Waals surface area contributed by atoms with Crippen LogP contribution in [0.25, 0.3) is 11.4 Å². The lowest BCUT2D eigenvalue weighted by Gasteiger charge is -2.30. The molecule has 0 aromatic carbocycles. The number of ether oxygens (including phenoxy) is 1. The first-order valence-corrected chi connectivity index (χ1v) is 11.0. The molecule has 9 heteroatoms. The Balaban J connectivity index is 1.59. The van der Waals surface area contributed by atoms with E-state index < -0.39 is 17.7 Å². The summed E-state index contributed by atoms with van der Waals surface area (Å²) in [6.07, 6.45) is 1.77. The van der Waals surface area contributed by atoms with Gasteiger partial charge >= 0.3 is 0 Å². The van der Waals surface area contributed by atoms with E-state index in [4.69, 9.17) is 9.15 Å². The van der Waals surface area contributed by atoms with Crippen LogP contribution >= 0.6 is 0 Å². The fourth-order valence-electron chi connectivity index (χ4n) is 4.61. The Morgan fingerprint density at radius 1 is 1.12 bits per heavy atom. The number of carbonyl (C=O) groups is 2. The highest BCUT2D eigenvalue weighted by Gasteiger charge is 2.48. The lowest BCUT2D eigenvalue weighted by atomic mass is 10.0. The van der Waals surface area contributed by atoms with Crippen LogP contribution in [0.3, 0.4) is 0 Å². The zero-order chi connectivity index (χ0) is 23.1. The number of fused-ring (bicyclic) bond motifs is 1. The summed E-state index contributed by atoms with van der Waals surface area (Å²) in [4.78, 5) is 34.5. The van der Waals surface area contributed by atoms with Crippen LogP contribution in [0.1, 0.15) is 29.0 Å². The van der Waals surface area contributed by atoms with Gasteiger partial charge in [-0.3, -0.25) is 18.9 Å². The van der Waals surface area contributed by atoms with Crippen LogP contribution in [0.15, 0.2) is 46.5 Å². The Morgan fingerprint density at radius 3 is 2.64 bits per heavy atom. The second-order valence-corrected chi connectivity index (χ2v) is 8.37. The molecule has 0 saturated carbocycles. The van der Waals surface area contributed by atoms with E-state index in [1.54, 1.807) is 36.6 Å². The number of hydrogen-bond acceptors (Lipinski definition) is 7. The van der Waals surface area contributed by atoms with Gasteiger partial charge < -0.3 is 19.2 Å². The lowest BCUT2D eigenvalue weighted by Crippen LogP contribution is -2.42. The van der Waals surface area contributed by atoms with Crippen molar-refractivity contribution in [1.82, 2.24) is 19.2 Å². The molecule has 1 N–H and O–H groups in total. The van der Waals surface area contributed by atoms with Crippen molar-refractivity contribution in [1.29, 1.82) is 0 Å². The number of rotatable bonds is 5. The second kappa shape index (κ2) is 8.49. The fraction of sp³-hybridized carbons (Fsp3) is 0.375. The van der Waals surface area contributed by atoms with E-state index in [-0.39, 0.29) is 11.3 Å². The lowest BCUT2D eigenvalue weighted by molar-refractivity contribution is -0.140. The van der Waals surface area contributed by atoms with E-state index in [1.807, 2.05) is 18.2 Å². The van der Waals surface area contributed by atoms with Gasteiger partial charge in [0.25, 0.3) is 11.7 Å². The minimum atomic E-state index is -0.812. The van der Waals surface area contributed by atoms with Crippen LogP contribution in [-0.4, -0.2) is 75.4 Å². The summed E-state index contributed by atoms with van der Waals surface area (Å²) in [5.74, 6) is -0.511. The molecule has 0 spiro atoms. The average Bonchev–Trinajstić information content (AvgIpc) is 3.46. The largest absolute Gasteiger partial charge is 0.505 e. The third-order valence-corrected chi connectivity index (χ3v) is 6.26. The number of imidazole rings is 1. The molecule has 3 aromatic rings. The molecule has 9 nitrogen and oxygen atoms in total. The number of hydrogen-bond donors (Lipinski definition) is 1. The van der Waals surface area contributed by atoms with Gasteiger partial charge in [-0.15, -0.1) is 0 Å². The number of likely N-dealkylation sites (tertiary alicyclic amines) is 1. The predicted octanol–water partition coefficient (Wildman–Crippen LogP) is 2.30. The summed E-state index contributed by atoms with van der Waals surface area (Å²) < 4.78 is 13.0. The summed E-state index contributed by atoms with van der Waals surface area (Å²) in [5.41, 5.74) is 1.62. The van der Waals surface area contributed by atoms with Crippen LogP contribution in [0.2, 0.25) is 0 Å². The molecule has 0 bridgehead atoms. The first-order chi connectivity index (χ1) is 16.0. The van der Waals surface area contributed by atoms with Gasteiger partial charge in [-0.2, -0.15) is 0 Å². The zero-order valence-corrected chi connectivity index (χ0v) is 18.7. The van der Waals surface area contributed by atoms with Crippen molar-refractivity contribution in [2.24, 2.45) is 0 Å². The summed E-state index contributed by atoms with van der Waals surface area (Å²) in [5, 5.41) is 11.4. The molecule has 172 valence electrons. The number of furan rings is 1. The maximum absolute atomic E-state index is 13.2. The predicted molar refractivity (Wildman–Crippen MR) is 120 cm³/mol. The molecule has 0 radical (unpaired) electrons. The van der Waals surface area contributed by atoms with Gasteiger partial charge in [0, 0.05) is 32.4 Å². The van der Waals surface area contributed by atoms with E-state index in [2.05, 4.69) is 9.88 Å². The van der Waals surface area contributed by atoms with Crippen molar-refractivity contribution in [2.45, 2.75) is 19.9 Å². The molecule has 0 aliphatic carbocycles. The molecule has 2 fully saturated rings. The van der Waals surface area contributed by atoms with Crippen molar-refractivity contribution in [3.63, 3.8) is 0 Å². The number of aromatic nitrogens is 2. The van der Waals surface area contributed by atoms with Crippen LogP contribution in [0, 0.1) is 13.8 Å². The van der Waals surface area contributed by atoms with Crippen LogP contribution in [-0.2, 0) is 14.3 Å². The van der Waals surface area contributed by atoms with Crippen molar-refractivity contribution < 1.29 is 23.8 Å². The molecular weight excluding hydrogens is 424 g/mol. The number of pyridine rings is 1. The number of Topliss-reactive ketones (excluding diaryl/α,β-unsaturated/α-hetero) is 1. The highest BCUT2D eigenvalue weighted by molar-refractivity contribution is 6.46. The maximum Gasteiger partial charge on any atom is 0.295 e. The molecular formula is C24H26N4O5. The smallest absolute Gasteiger partial charge is 0.295 e. The molecule has 5 rings (SSSR count). The average molecular weight is 450 g/mol. The van der Waals surface area contributed by atoms with E-state index in [0.717, 1.165) is 13.1 Å². The van der Waals surface area contributed by atoms with Gasteiger partial charge in [0.2, 0.25) is 0 Å². The molecule has 0 unspecified atom stereocenters. The fourth-order valence-corrected chi connectivity index (χ4v) is 4.61. The number of aliphatic hydroxyl groups excluding tert-OH is 1. The van der Waals surface area contributed by atoms with Gasteiger partial charge in [0.1, 0.15) is 28.9 Å². The third kappa shape index (κ3) is 3.73. The van der Waals surface area contributed by atoms with E-state index >= 15 is 0 Å². The van der Waals surface area contributed by atoms with Gasteiger partial charge in [-0.1, -0.05) is 6.07 Å². The topological polar surface area (TPSA) is 101 Å². The summed E-state index contributed by atoms with van der Waals surface area (Å²) in [7, 11) is 0. The Bertz CT molecular complexity index is 1250. The molecule has 3 aromatic heterocycles. The number of nitrogens with zero attached hydrogens (tertiary/aromatic N) is 4. The molecule has 2 aliphatic heterocycles. The number of morpholine rings is 1. The van der Waals surface area contributed by atoms with Crippen LogP contribution < -0.4 is 0 Å². The summed E-state index contributed by atoms with van der Waals surface area (Å²) in [6.45, 7) is 7.34. The number of carbonyl (C=O) groups excluding carboxylic acids is 2. The molecule has 5 heterocycles. The first-order valence-electron chi connectivity index (χ1n) is 11.0. The Kier molecular flexibility index (Phi) is 5.51. The monoisotopic (exact) mass is 450 g/mol. The molecule has 2 saturated heterocycles. The molecule has 2 aliphatic rings. The number of amides is 1. The molecule has 1 amide bonds. The van der Waals surface area contributed by atoms with Gasteiger partial charge in [0.05, 0.1) is 24.5 Å². The SMILES string of the molecule is Cc1ccc([C@@H]2/C(=C(\O)c3c(C)nc4ccccn34)C(=O)C(=O)N2CCN2CCOCC2)o1. The third-order valence-electron chi connectivity index (χ3n) is 6.26. The van der Waals surface area contributed by atoms with Crippen molar-refractivity contribution in [3.8, 4) is 0 Å². The standard InChI is InChI=1S/C24H26N4O5/c1-15-6-7-17(33-15)21-19(22(29)20-16(2)25-18-5-3-4-8-27(18)20)23(30)24(31)28(21)10-9-26-11-13-32-14-12-26/h3-8,21,29H,9-14H2,1-2H3/b22-19+/t21-/m1/s1. The summed E-state index contributed by atoms with van der Waals surface area (Å²) in [6, 6.07) is 8.21. The maximum atomic E-state index is 13.2. The van der Waals surface area contributed by atoms with Crippen molar-refractivity contribution >= 4 is 23.1 Å². The highest BCUT2D eigenvalue weighted by Crippen LogP contribution is 2.40.